The van der Waals surface area contributed by atoms with Crippen molar-refractivity contribution < 1.29 is 54.2 Å². The quantitative estimate of drug-likeness (QED) is 0.497. The van der Waals surface area contributed by atoms with Crippen molar-refractivity contribution in [3.05, 3.63) is 57.1 Å². The van der Waals surface area contributed by atoms with Crippen LogP contribution >= 0.6 is 11.6 Å². The number of nitriles is 1. The lowest BCUT2D eigenvalue weighted by molar-refractivity contribution is 0.0675. The van der Waals surface area contributed by atoms with Crippen LogP contribution in [0.4, 0.5) is 17.6 Å². The SMILES string of the molecule is CS(=O)(=O)c1cc(C(=O)O)c(C(F)F)cc1C#N.CS(=O)(=O)c1cc(C(=O)O)c(C(F)F)cc1Cl. The second-order valence-electron chi connectivity index (χ2n) is 6.67. The maximum Gasteiger partial charge on any atom is 0.336 e. The zero-order valence-electron chi connectivity index (χ0n) is 17.5. The van der Waals surface area contributed by atoms with Crippen LogP contribution in [0.15, 0.2) is 34.1 Å². The summed E-state index contributed by atoms with van der Waals surface area (Å²) in [7, 11) is -7.65. The van der Waals surface area contributed by atoms with Crippen LogP contribution in [0.5, 0.6) is 0 Å². The summed E-state index contributed by atoms with van der Waals surface area (Å²) < 4.78 is 95.4. The molecule has 9 nitrogen and oxygen atoms in total. The van der Waals surface area contributed by atoms with Gasteiger partial charge in [0.25, 0.3) is 12.9 Å². The number of nitrogens with zero attached hydrogens (tertiary/aromatic N) is 1. The van der Waals surface area contributed by atoms with Crippen molar-refractivity contribution in [2.45, 2.75) is 22.6 Å². The molecule has 0 aliphatic heterocycles. The van der Waals surface area contributed by atoms with Crippen LogP contribution in [0, 0.1) is 11.3 Å². The molecule has 2 aromatic rings. The summed E-state index contributed by atoms with van der Waals surface area (Å²) in [4.78, 5) is 20.5. The van der Waals surface area contributed by atoms with Crippen LogP contribution in [-0.2, 0) is 19.7 Å². The average Bonchev–Trinajstić information content (AvgIpc) is 2.70. The fourth-order valence-corrected chi connectivity index (χ4v) is 4.75. The van der Waals surface area contributed by atoms with E-state index in [4.69, 9.17) is 27.1 Å². The molecule has 0 unspecified atom stereocenters. The second-order valence-corrected chi connectivity index (χ2v) is 11.0. The number of carbonyl (C=O) groups is 2. The van der Waals surface area contributed by atoms with E-state index in [-0.39, 0.29) is 0 Å². The van der Waals surface area contributed by atoms with Crippen molar-refractivity contribution >= 4 is 43.2 Å². The summed E-state index contributed by atoms with van der Waals surface area (Å²) >= 11 is 5.53. The van der Waals surface area contributed by atoms with Crippen LogP contribution in [0.1, 0.15) is 50.3 Å². The Hall–Kier alpha value is -3.22. The van der Waals surface area contributed by atoms with Gasteiger partial charge in [0.2, 0.25) is 0 Å². The summed E-state index contributed by atoms with van der Waals surface area (Å²) in [6, 6.07) is 3.93. The predicted octanol–water partition coefficient (Wildman–Crippen LogP) is 3.98. The Bertz CT molecular complexity index is 1440. The topological polar surface area (TPSA) is 167 Å². The van der Waals surface area contributed by atoms with Gasteiger partial charge in [0.1, 0.15) is 6.07 Å². The highest BCUT2D eigenvalue weighted by atomic mass is 35.5. The summed E-state index contributed by atoms with van der Waals surface area (Å²) in [5, 5.41) is 25.8. The maximum absolute atomic E-state index is 12.6. The van der Waals surface area contributed by atoms with Gasteiger partial charge in [0, 0.05) is 23.6 Å². The van der Waals surface area contributed by atoms with Gasteiger partial charge in [0.05, 0.1) is 31.5 Å². The maximum atomic E-state index is 12.6. The smallest absolute Gasteiger partial charge is 0.336 e. The molecular weight excluding hydrogens is 546 g/mol. The number of hydrogen-bond donors (Lipinski definition) is 2. The fourth-order valence-electron chi connectivity index (χ4n) is 2.58. The number of rotatable bonds is 6. The summed E-state index contributed by atoms with van der Waals surface area (Å²) in [6.07, 6.45) is -4.59. The molecule has 0 aliphatic carbocycles. The minimum atomic E-state index is -3.87. The average molecular weight is 560 g/mol. The van der Waals surface area contributed by atoms with E-state index >= 15 is 0 Å². The van der Waals surface area contributed by atoms with Crippen molar-refractivity contribution in [2.75, 3.05) is 12.5 Å². The molecule has 16 heteroatoms. The number of sulfone groups is 2. The Morgan fingerprint density at radius 3 is 1.51 bits per heavy atom. The van der Waals surface area contributed by atoms with Gasteiger partial charge in [-0.2, -0.15) is 5.26 Å². The van der Waals surface area contributed by atoms with E-state index < -0.39 is 87.1 Å². The Labute approximate surface area is 201 Å². The molecule has 35 heavy (non-hydrogen) atoms. The molecule has 0 atom stereocenters. The first kappa shape index (κ1) is 29.8. The summed E-state index contributed by atoms with van der Waals surface area (Å²) in [5.41, 5.74) is -3.80. The first-order chi connectivity index (χ1) is 15.8. The van der Waals surface area contributed by atoms with E-state index in [1.54, 1.807) is 0 Å². The third-order valence-corrected chi connectivity index (χ3v) is 6.80. The summed E-state index contributed by atoms with van der Waals surface area (Å²) in [6.45, 7) is 0. The highest BCUT2D eigenvalue weighted by molar-refractivity contribution is 7.91. The molecule has 0 aliphatic rings. The Balaban J connectivity index is 0.000000351. The Morgan fingerprint density at radius 1 is 0.829 bits per heavy atom. The molecule has 2 rings (SSSR count). The lowest BCUT2D eigenvalue weighted by atomic mass is 10.0. The van der Waals surface area contributed by atoms with Crippen molar-refractivity contribution in [1.29, 1.82) is 5.26 Å². The third-order valence-electron chi connectivity index (χ3n) is 4.11. The minimum absolute atomic E-state index is 0.423. The highest BCUT2D eigenvalue weighted by Crippen LogP contribution is 2.31. The zero-order valence-corrected chi connectivity index (χ0v) is 19.9. The van der Waals surface area contributed by atoms with E-state index in [9.17, 15) is 44.0 Å². The molecule has 190 valence electrons. The molecule has 0 saturated carbocycles. The Morgan fingerprint density at radius 2 is 1.20 bits per heavy atom. The number of benzene rings is 2. The van der Waals surface area contributed by atoms with Crippen molar-refractivity contribution in [1.82, 2.24) is 0 Å². The third kappa shape index (κ3) is 7.38. The molecule has 2 aromatic carbocycles. The lowest BCUT2D eigenvalue weighted by Crippen LogP contribution is -2.09. The number of halogens is 5. The largest absolute Gasteiger partial charge is 0.478 e. The van der Waals surface area contributed by atoms with Crippen LogP contribution in [0.2, 0.25) is 5.02 Å². The molecule has 0 fully saturated rings. The lowest BCUT2D eigenvalue weighted by Gasteiger charge is -2.09. The van der Waals surface area contributed by atoms with Crippen LogP contribution < -0.4 is 0 Å². The predicted molar refractivity (Wildman–Crippen MR) is 113 cm³/mol. The van der Waals surface area contributed by atoms with Crippen molar-refractivity contribution in [3.8, 4) is 6.07 Å². The normalized spacial score (nSPS) is 11.5. The molecule has 0 bridgehead atoms. The van der Waals surface area contributed by atoms with E-state index in [0.29, 0.717) is 24.3 Å². The van der Waals surface area contributed by atoms with Gasteiger partial charge in [-0.3, -0.25) is 0 Å². The number of carboxylic acids is 2. The zero-order chi connectivity index (χ0) is 27.5. The first-order valence-corrected chi connectivity index (χ1v) is 12.8. The van der Waals surface area contributed by atoms with Gasteiger partial charge >= 0.3 is 11.9 Å². The van der Waals surface area contributed by atoms with Gasteiger partial charge in [-0.25, -0.2) is 44.0 Å². The van der Waals surface area contributed by atoms with Crippen LogP contribution in [0.3, 0.4) is 0 Å². The molecule has 0 amide bonds. The van der Waals surface area contributed by atoms with Gasteiger partial charge in [-0.15, -0.1) is 0 Å². The minimum Gasteiger partial charge on any atom is -0.478 e. The van der Waals surface area contributed by atoms with E-state index in [2.05, 4.69) is 0 Å². The Kier molecular flexibility index (Phi) is 9.38. The van der Waals surface area contributed by atoms with Gasteiger partial charge < -0.3 is 10.2 Å². The standard InChI is InChI=1S/C10H7F2NO4S.C9H7ClF2O4S/c1-18(16,17)8-3-7(10(14)15)6(9(11)12)2-5(8)4-13;1-17(15,16)7-3-5(9(13)14)4(8(11)12)2-6(7)10/h2-3,9H,1H3,(H,14,15);2-3,8H,1H3,(H,13,14). The van der Waals surface area contributed by atoms with Crippen LogP contribution in [-0.4, -0.2) is 51.5 Å². The number of aromatic carboxylic acids is 2. The van der Waals surface area contributed by atoms with Crippen LogP contribution in [0.25, 0.3) is 0 Å². The first-order valence-electron chi connectivity index (χ1n) is 8.67. The van der Waals surface area contributed by atoms with Gasteiger partial charge in [-0.05, 0) is 24.3 Å². The molecular formula is C19H14ClF4NO8S2. The number of carboxylic acid groups (broad SMARTS) is 2. The number of hydrogen-bond acceptors (Lipinski definition) is 7. The number of alkyl halides is 4. The van der Waals surface area contributed by atoms with E-state index in [0.717, 1.165) is 12.5 Å². The van der Waals surface area contributed by atoms with E-state index in [1.165, 1.54) is 6.07 Å². The van der Waals surface area contributed by atoms with Crippen molar-refractivity contribution in [2.24, 2.45) is 0 Å². The van der Waals surface area contributed by atoms with Gasteiger partial charge in [0.15, 0.2) is 19.7 Å². The monoisotopic (exact) mass is 559 g/mol. The molecule has 0 saturated heterocycles. The van der Waals surface area contributed by atoms with Gasteiger partial charge in [-0.1, -0.05) is 11.6 Å². The molecule has 0 heterocycles. The molecule has 0 spiro atoms. The van der Waals surface area contributed by atoms with Crippen molar-refractivity contribution in [3.63, 3.8) is 0 Å². The summed E-state index contributed by atoms with van der Waals surface area (Å²) in [5.74, 6) is -3.32. The second kappa shape index (κ2) is 11.0. The highest BCUT2D eigenvalue weighted by Gasteiger charge is 2.25. The molecule has 0 radical (unpaired) electrons. The molecule has 0 aromatic heterocycles. The van der Waals surface area contributed by atoms with E-state index in [1.807, 2.05) is 0 Å². The molecule has 2 N–H and O–H groups in total. The fraction of sp³-hybridized carbons (Fsp3) is 0.211.